The summed E-state index contributed by atoms with van der Waals surface area (Å²) in [6.07, 6.45) is 2.45. The van der Waals surface area contributed by atoms with Gasteiger partial charge in [0.15, 0.2) is 0 Å². The fourth-order valence-corrected chi connectivity index (χ4v) is 3.35. The number of carbonyl (C=O) groups is 3. The quantitative estimate of drug-likeness (QED) is 0.236. The van der Waals surface area contributed by atoms with Gasteiger partial charge in [-0.15, -0.1) is 0 Å². The highest BCUT2D eigenvalue weighted by Gasteiger charge is 2.36. The van der Waals surface area contributed by atoms with Crippen molar-refractivity contribution in [2.24, 2.45) is 0 Å². The van der Waals surface area contributed by atoms with E-state index in [2.05, 4.69) is 26.2 Å². The van der Waals surface area contributed by atoms with Crippen molar-refractivity contribution in [3.8, 4) is 11.6 Å². The van der Waals surface area contributed by atoms with Crippen LogP contribution >= 0.6 is 15.9 Å². The maximum atomic E-state index is 12.9. The molecule has 0 bridgehead atoms. The number of halogens is 1. The van der Waals surface area contributed by atoms with Crippen molar-refractivity contribution in [3.63, 3.8) is 0 Å². The zero-order valence-electron chi connectivity index (χ0n) is 16.6. The first kappa shape index (κ1) is 21.8. The van der Waals surface area contributed by atoms with E-state index >= 15 is 0 Å². The van der Waals surface area contributed by atoms with Crippen LogP contribution in [0.4, 0.5) is 16.2 Å². The molecular weight excluding hydrogens is 496 g/mol. The van der Waals surface area contributed by atoms with Crippen LogP contribution in [0.3, 0.4) is 0 Å². The zero-order chi connectivity index (χ0) is 23.5. The van der Waals surface area contributed by atoms with Crippen molar-refractivity contribution in [2.75, 3.05) is 4.90 Å². The van der Waals surface area contributed by atoms with Gasteiger partial charge >= 0.3 is 6.03 Å². The number of benzene rings is 2. The molecule has 3 aromatic rings. The third-order valence-corrected chi connectivity index (χ3v) is 5.01. The minimum atomic E-state index is -0.834. The van der Waals surface area contributed by atoms with Crippen molar-refractivity contribution in [2.45, 2.75) is 0 Å². The van der Waals surface area contributed by atoms with Crippen LogP contribution in [0.15, 0.2) is 76.9 Å². The Morgan fingerprint density at radius 2 is 1.82 bits per heavy atom. The lowest BCUT2D eigenvalue weighted by Crippen LogP contribution is -2.54. The Bertz CT molecular complexity index is 1310. The number of carbonyl (C=O) groups excluding carboxylic acids is 3. The average molecular weight is 509 g/mol. The molecule has 1 aliphatic rings. The maximum Gasteiger partial charge on any atom is 0.335 e. The van der Waals surface area contributed by atoms with Crippen LogP contribution in [0.25, 0.3) is 6.08 Å². The van der Waals surface area contributed by atoms with Gasteiger partial charge in [0.25, 0.3) is 17.5 Å². The van der Waals surface area contributed by atoms with E-state index in [-0.39, 0.29) is 17.1 Å². The van der Waals surface area contributed by atoms with Crippen LogP contribution < -0.4 is 15.0 Å². The van der Waals surface area contributed by atoms with Crippen molar-refractivity contribution < 1.29 is 24.0 Å². The lowest BCUT2D eigenvalue weighted by atomic mass is 10.1. The normalized spacial score (nSPS) is 14.9. The number of pyridine rings is 1. The summed E-state index contributed by atoms with van der Waals surface area (Å²) in [5.41, 5.74) is 0.459. The summed E-state index contributed by atoms with van der Waals surface area (Å²) in [5.74, 6) is -0.996. The van der Waals surface area contributed by atoms with Gasteiger partial charge in [0.1, 0.15) is 17.5 Å². The van der Waals surface area contributed by atoms with Crippen LogP contribution in [-0.4, -0.2) is 27.8 Å². The minimum absolute atomic E-state index is 0.157. The number of nitrogens with one attached hydrogen (secondary N) is 1. The molecule has 0 spiro atoms. The first-order chi connectivity index (χ1) is 15.8. The van der Waals surface area contributed by atoms with E-state index in [9.17, 15) is 24.5 Å². The molecule has 0 saturated carbocycles. The van der Waals surface area contributed by atoms with Crippen molar-refractivity contribution in [1.29, 1.82) is 0 Å². The molecular formula is C22H13BrN4O6. The van der Waals surface area contributed by atoms with Gasteiger partial charge in [-0.3, -0.25) is 25.0 Å². The Labute approximate surface area is 194 Å². The number of imide groups is 2. The fraction of sp³-hybridized carbons (Fsp3) is 0. The second kappa shape index (κ2) is 9.01. The second-order valence-electron chi connectivity index (χ2n) is 6.72. The third kappa shape index (κ3) is 4.77. The SMILES string of the molecule is O=C1NC(=O)N(c2cccc(Br)c2)C(=O)C1=Cc1ccc(Oc2ccc([N+](=O)[O-])cn2)cc1. The lowest BCUT2D eigenvalue weighted by molar-refractivity contribution is -0.385. The number of nitrogens with zero attached hydrogens (tertiary/aromatic N) is 3. The van der Waals surface area contributed by atoms with E-state index < -0.39 is 22.8 Å². The summed E-state index contributed by atoms with van der Waals surface area (Å²) in [5, 5.41) is 12.9. The summed E-state index contributed by atoms with van der Waals surface area (Å²) in [6.45, 7) is 0. The monoisotopic (exact) mass is 508 g/mol. The largest absolute Gasteiger partial charge is 0.439 e. The summed E-state index contributed by atoms with van der Waals surface area (Å²) in [7, 11) is 0. The van der Waals surface area contributed by atoms with Crippen molar-refractivity contribution in [1.82, 2.24) is 10.3 Å². The van der Waals surface area contributed by atoms with Crippen LogP contribution in [-0.2, 0) is 9.59 Å². The Morgan fingerprint density at radius 1 is 1.06 bits per heavy atom. The number of anilines is 1. The molecule has 4 amide bonds. The first-order valence-electron chi connectivity index (χ1n) is 9.37. The van der Waals surface area contributed by atoms with Gasteiger partial charge in [0.05, 0.1) is 10.6 Å². The molecule has 0 atom stereocenters. The zero-order valence-corrected chi connectivity index (χ0v) is 18.2. The Hall–Kier alpha value is -4.38. The van der Waals surface area contributed by atoms with E-state index in [0.29, 0.717) is 21.5 Å². The molecule has 0 radical (unpaired) electrons. The van der Waals surface area contributed by atoms with E-state index in [1.807, 2.05) is 0 Å². The molecule has 164 valence electrons. The predicted octanol–water partition coefficient (Wildman–Crippen LogP) is 4.21. The van der Waals surface area contributed by atoms with Crippen LogP contribution in [0, 0.1) is 10.1 Å². The maximum absolute atomic E-state index is 12.9. The summed E-state index contributed by atoms with van der Waals surface area (Å²) >= 11 is 3.29. The topological polar surface area (TPSA) is 132 Å². The van der Waals surface area contributed by atoms with Gasteiger partial charge in [0, 0.05) is 16.6 Å². The summed E-state index contributed by atoms with van der Waals surface area (Å²) < 4.78 is 6.21. The molecule has 1 saturated heterocycles. The molecule has 0 aliphatic carbocycles. The van der Waals surface area contributed by atoms with Crippen molar-refractivity contribution in [3.05, 3.63) is 92.6 Å². The molecule has 1 aliphatic heterocycles. The molecule has 33 heavy (non-hydrogen) atoms. The molecule has 4 rings (SSSR count). The summed E-state index contributed by atoms with van der Waals surface area (Å²) in [6, 6.07) is 14.8. The number of hydrogen-bond donors (Lipinski definition) is 1. The number of nitro groups is 1. The van der Waals surface area contributed by atoms with Gasteiger partial charge < -0.3 is 4.74 Å². The molecule has 2 aromatic carbocycles. The Balaban J connectivity index is 1.54. The van der Waals surface area contributed by atoms with Gasteiger partial charge in [-0.05, 0) is 42.0 Å². The standard InChI is InChI=1S/C22H13BrN4O6/c23-14-2-1-3-15(11-14)26-21(29)18(20(28)25-22(26)30)10-13-4-7-17(8-5-13)33-19-9-6-16(12-24-19)27(31)32/h1-12H,(H,25,28,30). The molecule has 1 N–H and O–H groups in total. The summed E-state index contributed by atoms with van der Waals surface area (Å²) in [4.78, 5) is 52.4. The van der Waals surface area contributed by atoms with Crippen LogP contribution in [0.5, 0.6) is 11.6 Å². The third-order valence-electron chi connectivity index (χ3n) is 4.51. The average Bonchev–Trinajstić information content (AvgIpc) is 2.78. The molecule has 1 aromatic heterocycles. The number of hydrogen-bond acceptors (Lipinski definition) is 7. The molecule has 11 heteroatoms. The highest BCUT2D eigenvalue weighted by atomic mass is 79.9. The minimum Gasteiger partial charge on any atom is -0.439 e. The van der Waals surface area contributed by atoms with Crippen molar-refractivity contribution >= 4 is 51.2 Å². The molecule has 10 nitrogen and oxygen atoms in total. The number of amides is 4. The van der Waals surface area contributed by atoms with Crippen LogP contribution in [0.1, 0.15) is 5.56 Å². The van der Waals surface area contributed by atoms with Gasteiger partial charge in [-0.1, -0.05) is 34.1 Å². The van der Waals surface area contributed by atoms with E-state index in [0.717, 1.165) is 11.1 Å². The van der Waals surface area contributed by atoms with E-state index in [4.69, 9.17) is 4.74 Å². The predicted molar refractivity (Wildman–Crippen MR) is 121 cm³/mol. The highest BCUT2D eigenvalue weighted by molar-refractivity contribution is 9.10. The first-order valence-corrected chi connectivity index (χ1v) is 10.2. The second-order valence-corrected chi connectivity index (χ2v) is 7.64. The van der Waals surface area contributed by atoms with E-state index in [1.54, 1.807) is 48.5 Å². The number of barbiturate groups is 1. The van der Waals surface area contributed by atoms with E-state index in [1.165, 1.54) is 18.2 Å². The molecule has 0 unspecified atom stereocenters. The number of aromatic nitrogens is 1. The lowest BCUT2D eigenvalue weighted by Gasteiger charge is -2.26. The number of urea groups is 1. The molecule has 2 heterocycles. The Kier molecular flexibility index (Phi) is 5.96. The van der Waals surface area contributed by atoms with Crippen LogP contribution in [0.2, 0.25) is 0 Å². The highest BCUT2D eigenvalue weighted by Crippen LogP contribution is 2.26. The van der Waals surface area contributed by atoms with Gasteiger partial charge in [0.2, 0.25) is 5.88 Å². The van der Waals surface area contributed by atoms with Gasteiger partial charge in [-0.25, -0.2) is 14.7 Å². The smallest absolute Gasteiger partial charge is 0.335 e. The fourth-order valence-electron chi connectivity index (χ4n) is 2.97. The number of ether oxygens (including phenoxy) is 1. The Morgan fingerprint density at radius 3 is 2.45 bits per heavy atom. The molecule has 1 fully saturated rings. The van der Waals surface area contributed by atoms with Gasteiger partial charge in [-0.2, -0.15) is 0 Å². The number of rotatable bonds is 5.